The predicted octanol–water partition coefficient (Wildman–Crippen LogP) is 2.70. The molecule has 2 aromatic carbocycles. The zero-order valence-corrected chi connectivity index (χ0v) is 15.9. The van der Waals surface area contributed by atoms with Crippen molar-refractivity contribution in [2.75, 3.05) is 0 Å². The number of tetrazole rings is 1. The van der Waals surface area contributed by atoms with E-state index in [4.69, 9.17) is 16.4 Å². The Morgan fingerprint density at radius 3 is 2.28 bits per heavy atom. The molecule has 2 amide bonds. The van der Waals surface area contributed by atoms with Crippen LogP contribution in [0.3, 0.4) is 0 Å². The average Bonchev–Trinajstić information content (AvgIpc) is 3.29. The van der Waals surface area contributed by atoms with E-state index in [1.54, 1.807) is 43.3 Å². The summed E-state index contributed by atoms with van der Waals surface area (Å²) >= 11 is 5.87. The fourth-order valence-corrected chi connectivity index (χ4v) is 3.02. The molecule has 29 heavy (non-hydrogen) atoms. The van der Waals surface area contributed by atoms with E-state index in [2.05, 4.69) is 15.4 Å². The minimum atomic E-state index is -0.965. The van der Waals surface area contributed by atoms with Gasteiger partial charge in [0.2, 0.25) is 5.82 Å². The van der Waals surface area contributed by atoms with Crippen LogP contribution in [0.2, 0.25) is 5.02 Å². The molecule has 0 aliphatic carbocycles. The molecule has 0 saturated heterocycles. The lowest BCUT2D eigenvalue weighted by molar-refractivity contribution is -0.173. The third kappa shape index (κ3) is 3.36. The Kier molecular flexibility index (Phi) is 4.81. The fourth-order valence-electron chi connectivity index (χ4n) is 2.90. The summed E-state index contributed by atoms with van der Waals surface area (Å²) in [6.45, 7) is 1.72. The highest BCUT2D eigenvalue weighted by molar-refractivity contribution is 6.30. The minimum absolute atomic E-state index is 0.183. The van der Waals surface area contributed by atoms with Gasteiger partial charge in [-0.2, -0.15) is 0 Å². The molecule has 0 fully saturated rings. The molecule has 1 unspecified atom stereocenters. The maximum absolute atomic E-state index is 12.6. The number of amides is 2. The molecule has 3 aromatic rings. The third-order valence-electron chi connectivity index (χ3n) is 4.41. The fraction of sp³-hybridized carbons (Fsp3) is 0.158. The van der Waals surface area contributed by atoms with Crippen molar-refractivity contribution in [1.29, 1.82) is 0 Å². The number of fused-ring (bicyclic) bond motifs is 1. The summed E-state index contributed by atoms with van der Waals surface area (Å²) in [6.07, 6.45) is 0.262. The lowest BCUT2D eigenvalue weighted by Crippen LogP contribution is -2.36. The van der Waals surface area contributed by atoms with Crippen LogP contribution in [0.15, 0.2) is 48.5 Å². The number of nitrogens with zero attached hydrogens (tertiary/aromatic N) is 5. The molecule has 1 aromatic heterocycles. The number of imide groups is 1. The van der Waals surface area contributed by atoms with Crippen LogP contribution in [0.4, 0.5) is 0 Å². The normalized spacial score (nSPS) is 14.1. The van der Waals surface area contributed by atoms with Crippen LogP contribution in [0.25, 0.3) is 11.4 Å². The molecular formula is C19H14ClN5O4. The first kappa shape index (κ1) is 18.8. The van der Waals surface area contributed by atoms with Gasteiger partial charge >= 0.3 is 5.97 Å². The van der Waals surface area contributed by atoms with Crippen LogP contribution in [-0.4, -0.2) is 43.1 Å². The van der Waals surface area contributed by atoms with Crippen molar-refractivity contribution in [3.05, 3.63) is 64.7 Å². The molecule has 146 valence electrons. The van der Waals surface area contributed by atoms with Crippen LogP contribution in [0.1, 0.15) is 40.1 Å². The standard InChI is InChI=1S/C19H14ClN5O4/c1-2-15(25-22-16(21-23-25)11-7-9-12(20)10-8-11)19(28)29-24-17(26)13-5-3-4-6-14(13)18(24)27/h3-10,15H,2H2,1H3. The number of aromatic nitrogens is 4. The smallest absolute Gasteiger partial charge is 0.327 e. The molecule has 0 bridgehead atoms. The zero-order chi connectivity index (χ0) is 20.5. The van der Waals surface area contributed by atoms with Gasteiger partial charge in [0.25, 0.3) is 11.8 Å². The van der Waals surface area contributed by atoms with Crippen LogP contribution in [0.5, 0.6) is 0 Å². The van der Waals surface area contributed by atoms with E-state index >= 15 is 0 Å². The van der Waals surface area contributed by atoms with Crippen molar-refractivity contribution >= 4 is 29.4 Å². The van der Waals surface area contributed by atoms with E-state index in [0.717, 1.165) is 4.80 Å². The zero-order valence-electron chi connectivity index (χ0n) is 15.2. The summed E-state index contributed by atoms with van der Waals surface area (Å²) in [6, 6.07) is 12.1. The Bertz CT molecular complexity index is 1080. The molecule has 10 heteroatoms. The molecule has 1 aliphatic heterocycles. The van der Waals surface area contributed by atoms with Crippen LogP contribution in [0, 0.1) is 0 Å². The largest absolute Gasteiger partial charge is 0.359 e. The second-order valence-corrected chi connectivity index (χ2v) is 6.66. The number of rotatable bonds is 5. The van der Waals surface area contributed by atoms with Gasteiger partial charge in [0, 0.05) is 10.6 Å². The number of hydrogen-bond donors (Lipinski definition) is 0. The highest BCUT2D eigenvalue weighted by Gasteiger charge is 2.40. The van der Waals surface area contributed by atoms with Gasteiger partial charge in [-0.05, 0) is 48.0 Å². The van der Waals surface area contributed by atoms with Gasteiger partial charge in [-0.3, -0.25) is 9.59 Å². The summed E-state index contributed by atoms with van der Waals surface area (Å²) in [5.41, 5.74) is 1.04. The quantitative estimate of drug-likeness (QED) is 0.594. The third-order valence-corrected chi connectivity index (χ3v) is 4.66. The molecule has 0 spiro atoms. The van der Waals surface area contributed by atoms with E-state index in [1.807, 2.05) is 0 Å². The number of carbonyl (C=O) groups is 3. The minimum Gasteiger partial charge on any atom is -0.327 e. The van der Waals surface area contributed by atoms with Gasteiger partial charge in [-0.15, -0.1) is 15.0 Å². The molecule has 4 rings (SSSR count). The molecule has 0 saturated carbocycles. The summed E-state index contributed by atoms with van der Waals surface area (Å²) in [5, 5.41) is 13.1. The number of hydrogen-bond acceptors (Lipinski definition) is 7. The topological polar surface area (TPSA) is 107 Å². The molecule has 0 radical (unpaired) electrons. The van der Waals surface area contributed by atoms with Gasteiger partial charge in [0.1, 0.15) is 0 Å². The molecule has 1 aliphatic rings. The number of halogens is 1. The highest BCUT2D eigenvalue weighted by Crippen LogP contribution is 2.24. The van der Waals surface area contributed by atoms with Gasteiger partial charge in [-0.25, -0.2) is 4.79 Å². The lowest BCUT2D eigenvalue weighted by Gasteiger charge is -2.17. The van der Waals surface area contributed by atoms with Crippen molar-refractivity contribution < 1.29 is 19.2 Å². The first-order valence-electron chi connectivity index (χ1n) is 8.74. The van der Waals surface area contributed by atoms with Crippen molar-refractivity contribution in [3.8, 4) is 11.4 Å². The number of hydroxylamine groups is 2. The first-order valence-corrected chi connectivity index (χ1v) is 9.12. The molecule has 9 nitrogen and oxygen atoms in total. The Hall–Kier alpha value is -3.59. The number of benzene rings is 2. The van der Waals surface area contributed by atoms with Gasteiger partial charge in [-0.1, -0.05) is 35.7 Å². The Labute approximate surface area is 169 Å². The predicted molar refractivity (Wildman–Crippen MR) is 101 cm³/mol. The lowest BCUT2D eigenvalue weighted by atomic mass is 10.1. The summed E-state index contributed by atoms with van der Waals surface area (Å²) < 4.78 is 0. The number of carbonyl (C=O) groups excluding carboxylic acids is 3. The maximum atomic E-state index is 12.6. The molecule has 0 N–H and O–H groups in total. The Morgan fingerprint density at radius 1 is 1.07 bits per heavy atom. The van der Waals surface area contributed by atoms with E-state index in [1.165, 1.54) is 12.1 Å². The monoisotopic (exact) mass is 411 g/mol. The highest BCUT2D eigenvalue weighted by atomic mass is 35.5. The Balaban J connectivity index is 1.53. The van der Waals surface area contributed by atoms with Crippen LogP contribution in [-0.2, 0) is 9.63 Å². The first-order chi connectivity index (χ1) is 14.0. The van der Waals surface area contributed by atoms with E-state index in [-0.39, 0.29) is 17.5 Å². The average molecular weight is 412 g/mol. The molecule has 1 atom stereocenters. The van der Waals surface area contributed by atoms with Gasteiger partial charge in [0.15, 0.2) is 6.04 Å². The van der Waals surface area contributed by atoms with Crippen molar-refractivity contribution in [2.24, 2.45) is 0 Å². The summed E-state index contributed by atoms with van der Waals surface area (Å²) in [4.78, 5) is 43.6. The second-order valence-electron chi connectivity index (χ2n) is 6.22. The Morgan fingerprint density at radius 2 is 1.69 bits per heavy atom. The van der Waals surface area contributed by atoms with E-state index in [9.17, 15) is 14.4 Å². The van der Waals surface area contributed by atoms with Crippen molar-refractivity contribution in [1.82, 2.24) is 25.3 Å². The molecule has 2 heterocycles. The second kappa shape index (κ2) is 7.44. The van der Waals surface area contributed by atoms with Crippen molar-refractivity contribution in [2.45, 2.75) is 19.4 Å². The van der Waals surface area contributed by atoms with Crippen LogP contribution < -0.4 is 0 Å². The van der Waals surface area contributed by atoms with Crippen molar-refractivity contribution in [3.63, 3.8) is 0 Å². The maximum Gasteiger partial charge on any atom is 0.359 e. The van der Waals surface area contributed by atoms with E-state index in [0.29, 0.717) is 21.5 Å². The summed E-state index contributed by atoms with van der Waals surface area (Å²) in [5.74, 6) is -1.93. The molecular weight excluding hydrogens is 398 g/mol. The van der Waals surface area contributed by atoms with Crippen LogP contribution >= 0.6 is 11.6 Å². The van der Waals surface area contributed by atoms with E-state index < -0.39 is 23.8 Å². The SMILES string of the molecule is CCC(C(=O)ON1C(=O)c2ccccc2C1=O)n1nnc(-c2ccc(Cl)cc2)n1. The van der Waals surface area contributed by atoms with Gasteiger partial charge in [0.05, 0.1) is 11.1 Å². The van der Waals surface area contributed by atoms with Gasteiger partial charge < -0.3 is 4.84 Å². The summed E-state index contributed by atoms with van der Waals surface area (Å²) in [7, 11) is 0.